The summed E-state index contributed by atoms with van der Waals surface area (Å²) in [4.78, 5) is 21.2. The normalized spacial score (nSPS) is 10.3. The highest BCUT2D eigenvalue weighted by Gasteiger charge is 1.98. The van der Waals surface area contributed by atoms with E-state index < -0.39 is 11.8 Å². The van der Waals surface area contributed by atoms with Crippen molar-refractivity contribution in [3.63, 3.8) is 0 Å². The van der Waals surface area contributed by atoms with Crippen molar-refractivity contribution in [1.82, 2.24) is 0 Å². The molecule has 0 bridgehead atoms. The Labute approximate surface area is 81.2 Å². The molecule has 4 nitrogen and oxygen atoms in total. The van der Waals surface area contributed by atoms with Crippen molar-refractivity contribution < 1.29 is 9.59 Å². The van der Waals surface area contributed by atoms with E-state index in [2.05, 4.69) is 0 Å². The lowest BCUT2D eigenvalue weighted by atomic mass is 10.1. The predicted octanol–water partition coefficient (Wildman–Crippen LogP) is 0.284. The Morgan fingerprint density at radius 1 is 1.21 bits per heavy atom. The number of benzene rings is 1. The van der Waals surface area contributed by atoms with E-state index in [0.717, 1.165) is 0 Å². The average molecular weight is 190 g/mol. The molecule has 0 spiro atoms. The maximum atomic E-state index is 10.8. The van der Waals surface area contributed by atoms with Crippen LogP contribution in [0.4, 0.5) is 0 Å². The molecule has 72 valence electrons. The molecule has 0 fully saturated rings. The Kier molecular flexibility index (Phi) is 3.01. The van der Waals surface area contributed by atoms with Gasteiger partial charge in [0.25, 0.3) is 0 Å². The predicted molar refractivity (Wildman–Crippen MR) is 53.2 cm³/mol. The number of carbonyl (C=O) groups excluding carboxylic acids is 2. The van der Waals surface area contributed by atoms with Crippen LogP contribution in [-0.4, -0.2) is 11.8 Å². The quantitative estimate of drug-likeness (QED) is 0.671. The van der Waals surface area contributed by atoms with Crippen LogP contribution in [0, 0.1) is 0 Å². The van der Waals surface area contributed by atoms with Gasteiger partial charge in [0, 0.05) is 11.6 Å². The number of amides is 2. The molecule has 0 saturated heterocycles. The summed E-state index contributed by atoms with van der Waals surface area (Å²) in [5.74, 6) is -1.03. The molecule has 4 N–H and O–H groups in total. The van der Waals surface area contributed by atoms with Crippen LogP contribution >= 0.6 is 0 Å². The molecule has 2 amide bonds. The SMILES string of the molecule is NC(=O)/C=C/c1cccc(C(N)=O)c1. The third-order valence-electron chi connectivity index (χ3n) is 1.61. The van der Waals surface area contributed by atoms with Crippen LogP contribution in [0.1, 0.15) is 15.9 Å². The molecule has 14 heavy (non-hydrogen) atoms. The van der Waals surface area contributed by atoms with Crippen LogP contribution in [0.2, 0.25) is 0 Å². The summed E-state index contributed by atoms with van der Waals surface area (Å²) in [7, 11) is 0. The lowest BCUT2D eigenvalue weighted by Crippen LogP contribution is -2.10. The van der Waals surface area contributed by atoms with Crippen LogP contribution in [0.3, 0.4) is 0 Å². The Morgan fingerprint density at radius 3 is 2.50 bits per heavy atom. The second-order valence-corrected chi connectivity index (χ2v) is 2.73. The van der Waals surface area contributed by atoms with E-state index in [1.807, 2.05) is 0 Å². The fourth-order valence-corrected chi connectivity index (χ4v) is 0.974. The lowest BCUT2D eigenvalue weighted by molar-refractivity contribution is -0.113. The molecule has 0 aliphatic heterocycles. The molecule has 0 saturated carbocycles. The first-order chi connectivity index (χ1) is 6.59. The largest absolute Gasteiger partial charge is 0.366 e. The van der Waals surface area contributed by atoms with Gasteiger partial charge in [-0.15, -0.1) is 0 Å². The summed E-state index contributed by atoms with van der Waals surface area (Å²) in [5, 5.41) is 0. The van der Waals surface area contributed by atoms with Crippen molar-refractivity contribution in [3.8, 4) is 0 Å². The Balaban J connectivity index is 2.94. The van der Waals surface area contributed by atoms with Crippen LogP contribution < -0.4 is 11.5 Å². The molecule has 1 aromatic carbocycles. The molecule has 0 heterocycles. The van der Waals surface area contributed by atoms with Gasteiger partial charge in [-0.05, 0) is 23.8 Å². The Morgan fingerprint density at radius 2 is 1.93 bits per heavy atom. The molecular formula is C10H10N2O2. The monoisotopic (exact) mass is 190 g/mol. The molecule has 0 radical (unpaired) electrons. The molecule has 0 unspecified atom stereocenters. The first-order valence-electron chi connectivity index (χ1n) is 3.97. The number of primary amides is 2. The van der Waals surface area contributed by atoms with E-state index in [9.17, 15) is 9.59 Å². The third-order valence-corrected chi connectivity index (χ3v) is 1.61. The Hall–Kier alpha value is -2.10. The molecule has 0 atom stereocenters. The van der Waals surface area contributed by atoms with E-state index in [0.29, 0.717) is 11.1 Å². The second-order valence-electron chi connectivity index (χ2n) is 2.73. The van der Waals surface area contributed by atoms with E-state index in [1.165, 1.54) is 12.2 Å². The van der Waals surface area contributed by atoms with Crippen LogP contribution in [0.25, 0.3) is 6.08 Å². The standard InChI is InChI=1S/C10H10N2O2/c11-9(13)5-4-7-2-1-3-8(6-7)10(12)14/h1-6H,(H2,11,13)(H2,12,14)/b5-4+. The zero-order chi connectivity index (χ0) is 10.6. The summed E-state index contributed by atoms with van der Waals surface area (Å²) in [5.41, 5.74) is 11.1. The van der Waals surface area contributed by atoms with Crippen molar-refractivity contribution in [2.45, 2.75) is 0 Å². The number of carbonyl (C=O) groups is 2. The molecule has 0 aromatic heterocycles. The van der Waals surface area contributed by atoms with Gasteiger partial charge < -0.3 is 11.5 Å². The highest BCUT2D eigenvalue weighted by Crippen LogP contribution is 2.06. The van der Waals surface area contributed by atoms with Crippen LogP contribution in [0.5, 0.6) is 0 Å². The highest BCUT2D eigenvalue weighted by molar-refractivity contribution is 5.94. The molecule has 1 rings (SSSR count). The number of nitrogens with two attached hydrogens (primary N) is 2. The number of hydrogen-bond donors (Lipinski definition) is 2. The fraction of sp³-hybridized carbons (Fsp3) is 0. The van der Waals surface area contributed by atoms with Gasteiger partial charge in [0.15, 0.2) is 0 Å². The zero-order valence-electron chi connectivity index (χ0n) is 7.44. The maximum absolute atomic E-state index is 10.8. The van der Waals surface area contributed by atoms with Crippen LogP contribution in [0.15, 0.2) is 30.3 Å². The van der Waals surface area contributed by atoms with Crippen molar-refractivity contribution in [2.24, 2.45) is 11.5 Å². The summed E-state index contributed by atoms with van der Waals surface area (Å²) in [6.45, 7) is 0. The number of rotatable bonds is 3. The van der Waals surface area contributed by atoms with E-state index in [1.54, 1.807) is 24.3 Å². The van der Waals surface area contributed by atoms with Crippen LogP contribution in [-0.2, 0) is 4.79 Å². The highest BCUT2D eigenvalue weighted by atomic mass is 16.1. The fourth-order valence-electron chi connectivity index (χ4n) is 0.974. The van der Waals surface area contributed by atoms with Gasteiger partial charge in [-0.25, -0.2) is 0 Å². The third kappa shape index (κ3) is 2.75. The van der Waals surface area contributed by atoms with Gasteiger partial charge >= 0.3 is 0 Å². The van der Waals surface area contributed by atoms with Gasteiger partial charge in [-0.3, -0.25) is 9.59 Å². The average Bonchev–Trinajstić information content (AvgIpc) is 2.15. The zero-order valence-corrected chi connectivity index (χ0v) is 7.44. The van der Waals surface area contributed by atoms with Gasteiger partial charge in [0.1, 0.15) is 0 Å². The van der Waals surface area contributed by atoms with Crippen molar-refractivity contribution in [1.29, 1.82) is 0 Å². The summed E-state index contributed by atoms with van der Waals surface area (Å²) >= 11 is 0. The van der Waals surface area contributed by atoms with Gasteiger partial charge in [0.05, 0.1) is 0 Å². The van der Waals surface area contributed by atoms with E-state index in [-0.39, 0.29) is 0 Å². The molecular weight excluding hydrogens is 180 g/mol. The molecule has 1 aromatic rings. The van der Waals surface area contributed by atoms with Crippen molar-refractivity contribution >= 4 is 17.9 Å². The van der Waals surface area contributed by atoms with E-state index >= 15 is 0 Å². The minimum Gasteiger partial charge on any atom is -0.366 e. The first-order valence-corrected chi connectivity index (χ1v) is 3.97. The van der Waals surface area contributed by atoms with E-state index in [4.69, 9.17) is 11.5 Å². The molecule has 0 aliphatic carbocycles. The number of hydrogen-bond acceptors (Lipinski definition) is 2. The van der Waals surface area contributed by atoms with Crippen molar-refractivity contribution in [2.75, 3.05) is 0 Å². The van der Waals surface area contributed by atoms with Gasteiger partial charge in [-0.2, -0.15) is 0 Å². The molecule has 0 aliphatic rings. The first kappa shape index (κ1) is 9.98. The summed E-state index contributed by atoms with van der Waals surface area (Å²) in [6.07, 6.45) is 2.74. The lowest BCUT2D eigenvalue weighted by Gasteiger charge is -1.96. The van der Waals surface area contributed by atoms with Crippen molar-refractivity contribution in [3.05, 3.63) is 41.5 Å². The van der Waals surface area contributed by atoms with Gasteiger partial charge in [0.2, 0.25) is 11.8 Å². The second kappa shape index (κ2) is 4.23. The smallest absolute Gasteiger partial charge is 0.248 e. The molecule has 4 heteroatoms. The summed E-state index contributed by atoms with van der Waals surface area (Å²) < 4.78 is 0. The summed E-state index contributed by atoms with van der Waals surface area (Å²) in [6, 6.07) is 6.61. The topological polar surface area (TPSA) is 86.2 Å². The Bertz CT molecular complexity index is 397. The maximum Gasteiger partial charge on any atom is 0.248 e. The minimum absolute atomic E-state index is 0.400. The minimum atomic E-state index is -0.533. The van der Waals surface area contributed by atoms with Gasteiger partial charge in [-0.1, -0.05) is 12.1 Å².